The standard InChI is InChI=1S/C14H17F2NO/c1-9-2-4-11(14(16)13(9)15)12(18)5-3-10-6-7-17-8-10/h2,4,10,17H,3,5-8H2,1H3. The molecule has 1 N–H and O–H groups in total. The lowest BCUT2D eigenvalue weighted by Gasteiger charge is -2.08. The van der Waals surface area contributed by atoms with E-state index < -0.39 is 11.6 Å². The molecule has 1 aliphatic heterocycles. The van der Waals surface area contributed by atoms with Crippen LogP contribution in [-0.2, 0) is 0 Å². The van der Waals surface area contributed by atoms with Crippen LogP contribution in [0.5, 0.6) is 0 Å². The smallest absolute Gasteiger partial charge is 0.169 e. The fraction of sp³-hybridized carbons (Fsp3) is 0.500. The van der Waals surface area contributed by atoms with Gasteiger partial charge >= 0.3 is 0 Å². The Morgan fingerprint density at radius 3 is 2.83 bits per heavy atom. The van der Waals surface area contributed by atoms with Gasteiger partial charge in [-0.05, 0) is 50.4 Å². The van der Waals surface area contributed by atoms with Crippen LogP contribution in [0.3, 0.4) is 0 Å². The van der Waals surface area contributed by atoms with E-state index in [2.05, 4.69) is 5.32 Å². The lowest BCUT2D eigenvalue weighted by Crippen LogP contribution is -2.11. The van der Waals surface area contributed by atoms with Crippen LogP contribution in [0.2, 0.25) is 0 Å². The van der Waals surface area contributed by atoms with Gasteiger partial charge in [0.1, 0.15) is 0 Å². The quantitative estimate of drug-likeness (QED) is 0.836. The first-order chi connectivity index (χ1) is 8.59. The SMILES string of the molecule is Cc1ccc(C(=O)CCC2CCNC2)c(F)c1F. The summed E-state index contributed by atoms with van der Waals surface area (Å²) in [5.41, 5.74) is 0.105. The maximum Gasteiger partial charge on any atom is 0.169 e. The Labute approximate surface area is 105 Å². The lowest BCUT2D eigenvalue weighted by atomic mass is 9.97. The summed E-state index contributed by atoms with van der Waals surface area (Å²) in [6.07, 6.45) is 2.07. The molecule has 1 fully saturated rings. The molecule has 18 heavy (non-hydrogen) atoms. The first kappa shape index (κ1) is 13.1. The molecule has 0 saturated carbocycles. The van der Waals surface area contributed by atoms with Crippen molar-refractivity contribution in [1.29, 1.82) is 0 Å². The van der Waals surface area contributed by atoms with Crippen LogP contribution in [0.25, 0.3) is 0 Å². The van der Waals surface area contributed by atoms with Crippen molar-refractivity contribution in [2.75, 3.05) is 13.1 Å². The molecular formula is C14H17F2NO. The van der Waals surface area contributed by atoms with Crippen molar-refractivity contribution in [3.63, 3.8) is 0 Å². The molecule has 0 spiro atoms. The second-order valence-electron chi connectivity index (χ2n) is 4.88. The van der Waals surface area contributed by atoms with Crippen molar-refractivity contribution in [3.8, 4) is 0 Å². The summed E-state index contributed by atoms with van der Waals surface area (Å²) in [6, 6.07) is 2.83. The monoisotopic (exact) mass is 253 g/mol. The van der Waals surface area contributed by atoms with Gasteiger partial charge in [0.25, 0.3) is 0 Å². The molecule has 1 aromatic rings. The molecule has 2 nitrogen and oxygen atoms in total. The van der Waals surface area contributed by atoms with E-state index in [1.165, 1.54) is 19.1 Å². The van der Waals surface area contributed by atoms with Crippen LogP contribution in [-0.4, -0.2) is 18.9 Å². The molecule has 0 radical (unpaired) electrons. The van der Waals surface area contributed by atoms with Gasteiger partial charge in [-0.3, -0.25) is 4.79 Å². The number of hydrogen-bond donors (Lipinski definition) is 1. The average Bonchev–Trinajstić information content (AvgIpc) is 2.86. The van der Waals surface area contributed by atoms with Gasteiger partial charge in [-0.15, -0.1) is 0 Å². The minimum Gasteiger partial charge on any atom is -0.316 e. The largest absolute Gasteiger partial charge is 0.316 e. The lowest BCUT2D eigenvalue weighted by molar-refractivity contribution is 0.0969. The molecule has 2 rings (SSSR count). The van der Waals surface area contributed by atoms with Gasteiger partial charge in [0.15, 0.2) is 17.4 Å². The summed E-state index contributed by atoms with van der Waals surface area (Å²) < 4.78 is 27.0. The molecule has 1 atom stereocenters. The van der Waals surface area contributed by atoms with Crippen LogP contribution < -0.4 is 5.32 Å². The van der Waals surface area contributed by atoms with Crippen LogP contribution in [0.15, 0.2) is 12.1 Å². The average molecular weight is 253 g/mol. The van der Waals surface area contributed by atoms with Crippen LogP contribution >= 0.6 is 0 Å². The molecule has 1 aliphatic rings. The van der Waals surface area contributed by atoms with E-state index in [-0.39, 0.29) is 23.3 Å². The van der Waals surface area contributed by atoms with E-state index in [1.54, 1.807) is 0 Å². The number of Topliss-reactive ketones (excluding diaryl/α,β-unsaturated/α-hetero) is 1. The van der Waals surface area contributed by atoms with Gasteiger partial charge in [-0.25, -0.2) is 8.78 Å². The first-order valence-electron chi connectivity index (χ1n) is 6.28. The van der Waals surface area contributed by atoms with Crippen molar-refractivity contribution in [2.45, 2.75) is 26.2 Å². The number of halogens is 2. The third-order valence-corrected chi connectivity index (χ3v) is 3.52. The second-order valence-corrected chi connectivity index (χ2v) is 4.88. The molecule has 4 heteroatoms. The van der Waals surface area contributed by atoms with Crippen molar-refractivity contribution >= 4 is 5.78 Å². The minimum absolute atomic E-state index is 0.121. The maximum atomic E-state index is 13.6. The van der Waals surface area contributed by atoms with Crippen molar-refractivity contribution in [1.82, 2.24) is 5.32 Å². The number of rotatable bonds is 4. The summed E-state index contributed by atoms with van der Waals surface area (Å²) in [4.78, 5) is 11.9. The summed E-state index contributed by atoms with van der Waals surface area (Å²) in [6.45, 7) is 3.38. The molecule has 1 heterocycles. The molecule has 1 unspecified atom stereocenters. The maximum absolute atomic E-state index is 13.6. The topological polar surface area (TPSA) is 29.1 Å². The van der Waals surface area contributed by atoms with Gasteiger partial charge in [0, 0.05) is 6.42 Å². The Morgan fingerprint density at radius 2 is 2.17 bits per heavy atom. The van der Waals surface area contributed by atoms with Gasteiger partial charge in [-0.2, -0.15) is 0 Å². The summed E-state index contributed by atoms with van der Waals surface area (Å²) >= 11 is 0. The van der Waals surface area contributed by atoms with Crippen molar-refractivity contribution in [2.24, 2.45) is 5.92 Å². The highest BCUT2D eigenvalue weighted by Gasteiger charge is 2.20. The van der Waals surface area contributed by atoms with Crippen LogP contribution in [0, 0.1) is 24.5 Å². The molecule has 1 aromatic carbocycles. The van der Waals surface area contributed by atoms with E-state index in [4.69, 9.17) is 0 Å². The predicted molar refractivity (Wildman–Crippen MR) is 65.6 cm³/mol. The Bertz CT molecular complexity index is 453. The van der Waals surface area contributed by atoms with Gasteiger partial charge in [0.2, 0.25) is 0 Å². The summed E-state index contributed by atoms with van der Waals surface area (Å²) in [7, 11) is 0. The Morgan fingerprint density at radius 1 is 1.39 bits per heavy atom. The zero-order valence-electron chi connectivity index (χ0n) is 10.4. The normalized spacial score (nSPS) is 19.2. The second kappa shape index (κ2) is 5.57. The van der Waals surface area contributed by atoms with E-state index in [0.717, 1.165) is 25.9 Å². The zero-order chi connectivity index (χ0) is 13.1. The fourth-order valence-electron chi connectivity index (χ4n) is 2.29. The van der Waals surface area contributed by atoms with E-state index in [9.17, 15) is 13.6 Å². The summed E-state index contributed by atoms with van der Waals surface area (Å²) in [5, 5.41) is 3.22. The van der Waals surface area contributed by atoms with Gasteiger partial charge in [0.05, 0.1) is 5.56 Å². The third-order valence-electron chi connectivity index (χ3n) is 3.52. The highest BCUT2D eigenvalue weighted by molar-refractivity contribution is 5.96. The number of nitrogens with one attached hydrogen (secondary N) is 1. The Balaban J connectivity index is 2.02. The van der Waals surface area contributed by atoms with Crippen LogP contribution in [0.4, 0.5) is 8.78 Å². The van der Waals surface area contributed by atoms with Gasteiger partial charge in [-0.1, -0.05) is 6.07 Å². The van der Waals surface area contributed by atoms with E-state index >= 15 is 0 Å². The molecule has 0 bridgehead atoms. The van der Waals surface area contributed by atoms with E-state index in [0.29, 0.717) is 5.92 Å². The molecule has 0 amide bonds. The van der Waals surface area contributed by atoms with Crippen LogP contribution in [0.1, 0.15) is 35.2 Å². The number of carbonyl (C=O) groups is 1. The number of benzene rings is 1. The Hall–Kier alpha value is -1.29. The highest BCUT2D eigenvalue weighted by Crippen LogP contribution is 2.20. The molecular weight excluding hydrogens is 236 g/mol. The molecule has 1 saturated heterocycles. The Kier molecular flexibility index (Phi) is 4.07. The van der Waals surface area contributed by atoms with Crippen molar-refractivity contribution in [3.05, 3.63) is 34.9 Å². The predicted octanol–water partition coefficient (Wildman–Crippen LogP) is 2.85. The number of hydrogen-bond acceptors (Lipinski definition) is 2. The zero-order valence-corrected chi connectivity index (χ0v) is 10.4. The minimum atomic E-state index is -1.01. The molecule has 0 aliphatic carbocycles. The first-order valence-corrected chi connectivity index (χ1v) is 6.28. The molecule has 0 aromatic heterocycles. The van der Waals surface area contributed by atoms with Crippen molar-refractivity contribution < 1.29 is 13.6 Å². The fourth-order valence-corrected chi connectivity index (χ4v) is 2.29. The highest BCUT2D eigenvalue weighted by atomic mass is 19.2. The number of ketones is 1. The molecule has 98 valence electrons. The van der Waals surface area contributed by atoms with E-state index in [1.807, 2.05) is 0 Å². The third kappa shape index (κ3) is 2.75. The van der Waals surface area contributed by atoms with Gasteiger partial charge < -0.3 is 5.32 Å². The number of aryl methyl sites for hydroxylation is 1. The summed E-state index contributed by atoms with van der Waals surface area (Å²) in [5.74, 6) is -1.75. The number of carbonyl (C=O) groups excluding carboxylic acids is 1.